The van der Waals surface area contributed by atoms with Crippen LogP contribution >= 0.6 is 11.9 Å². The third kappa shape index (κ3) is 7.10. The van der Waals surface area contributed by atoms with Crippen molar-refractivity contribution in [2.45, 2.75) is 12.2 Å². The van der Waals surface area contributed by atoms with Crippen LogP contribution in [0.1, 0.15) is 11.3 Å². The number of benzene rings is 1. The van der Waals surface area contributed by atoms with Crippen molar-refractivity contribution in [1.82, 2.24) is 14.6 Å². The topological polar surface area (TPSA) is 92.2 Å². The number of sulfonamides is 1. The molecule has 0 atom stereocenters. The molecular weight excluding hydrogens is 360 g/mol. The normalized spacial score (nSPS) is 11.1. The molecule has 2 aromatic rings. The summed E-state index contributed by atoms with van der Waals surface area (Å²) < 4.78 is 29.4. The average Bonchev–Trinajstić information content (AvgIpc) is 2.93. The highest BCUT2D eigenvalue weighted by atomic mass is 32.2. The Labute approximate surface area is 152 Å². The standard InChI is InChI=1S/C16H22N4O3S2/c1-20-11-3-4-15(20)9-10-17-16(21)18-24-12-13-5-7-14(8-6-13)19-25(2,22)23/h3-8,11,19H,9-10,12H2,1-2H3,(H2,17,18,21). The molecule has 0 saturated heterocycles. The molecule has 0 aliphatic heterocycles. The molecule has 0 saturated carbocycles. The molecule has 7 nitrogen and oxygen atoms in total. The van der Waals surface area contributed by atoms with Crippen LogP contribution in [-0.4, -0.2) is 31.8 Å². The molecule has 2 rings (SSSR count). The third-order valence-electron chi connectivity index (χ3n) is 3.38. The number of nitrogens with one attached hydrogen (secondary N) is 3. The number of aromatic nitrogens is 1. The maximum Gasteiger partial charge on any atom is 0.324 e. The second-order valence-electron chi connectivity index (χ2n) is 5.58. The molecule has 0 fully saturated rings. The van der Waals surface area contributed by atoms with Gasteiger partial charge in [-0.1, -0.05) is 12.1 Å². The Kier molecular flexibility index (Phi) is 6.77. The molecule has 0 unspecified atom stereocenters. The minimum Gasteiger partial charge on any atom is -0.354 e. The molecule has 1 heterocycles. The Balaban J connectivity index is 1.66. The monoisotopic (exact) mass is 382 g/mol. The maximum absolute atomic E-state index is 11.7. The molecule has 3 N–H and O–H groups in total. The van der Waals surface area contributed by atoms with Gasteiger partial charge in [0.2, 0.25) is 10.0 Å². The Morgan fingerprint density at radius 2 is 1.92 bits per heavy atom. The van der Waals surface area contributed by atoms with Crippen LogP contribution in [-0.2, 0) is 29.2 Å². The lowest BCUT2D eigenvalue weighted by atomic mass is 10.2. The quantitative estimate of drug-likeness (QED) is 0.610. The molecule has 136 valence electrons. The molecule has 0 spiro atoms. The zero-order valence-electron chi connectivity index (χ0n) is 14.2. The van der Waals surface area contributed by atoms with Crippen molar-refractivity contribution >= 4 is 33.7 Å². The van der Waals surface area contributed by atoms with Gasteiger partial charge in [0.1, 0.15) is 0 Å². The molecule has 2 amide bonds. The summed E-state index contributed by atoms with van der Waals surface area (Å²) >= 11 is 1.28. The summed E-state index contributed by atoms with van der Waals surface area (Å²) in [6.45, 7) is 0.566. The molecular formula is C16H22N4O3S2. The van der Waals surface area contributed by atoms with E-state index in [0.717, 1.165) is 23.9 Å². The van der Waals surface area contributed by atoms with Gasteiger partial charge in [-0.2, -0.15) is 0 Å². The summed E-state index contributed by atoms with van der Waals surface area (Å²) in [7, 11) is -1.29. The van der Waals surface area contributed by atoms with E-state index in [0.29, 0.717) is 18.0 Å². The molecule has 0 aliphatic rings. The molecule has 25 heavy (non-hydrogen) atoms. The van der Waals surface area contributed by atoms with Gasteiger partial charge in [0.15, 0.2) is 0 Å². The van der Waals surface area contributed by atoms with Crippen LogP contribution in [0.3, 0.4) is 0 Å². The van der Waals surface area contributed by atoms with E-state index < -0.39 is 10.0 Å². The maximum atomic E-state index is 11.7. The Hall–Kier alpha value is -2.13. The van der Waals surface area contributed by atoms with Crippen molar-refractivity contribution in [2.24, 2.45) is 7.05 Å². The van der Waals surface area contributed by atoms with E-state index in [-0.39, 0.29) is 6.03 Å². The number of carbonyl (C=O) groups is 1. The van der Waals surface area contributed by atoms with Crippen molar-refractivity contribution < 1.29 is 13.2 Å². The highest BCUT2D eigenvalue weighted by molar-refractivity contribution is 7.97. The number of amides is 2. The van der Waals surface area contributed by atoms with Gasteiger partial charge >= 0.3 is 6.03 Å². The first-order valence-electron chi connectivity index (χ1n) is 7.66. The van der Waals surface area contributed by atoms with Crippen LogP contribution < -0.4 is 14.8 Å². The van der Waals surface area contributed by atoms with Crippen LogP contribution in [0.25, 0.3) is 0 Å². The van der Waals surface area contributed by atoms with Crippen molar-refractivity contribution in [3.63, 3.8) is 0 Å². The predicted molar refractivity (Wildman–Crippen MR) is 102 cm³/mol. The number of hydrogen-bond donors (Lipinski definition) is 3. The smallest absolute Gasteiger partial charge is 0.324 e. The fraction of sp³-hybridized carbons (Fsp3) is 0.312. The van der Waals surface area contributed by atoms with Gasteiger partial charge in [-0.25, -0.2) is 13.2 Å². The van der Waals surface area contributed by atoms with E-state index in [2.05, 4.69) is 14.8 Å². The second kappa shape index (κ2) is 8.82. The summed E-state index contributed by atoms with van der Waals surface area (Å²) in [5.41, 5.74) is 2.66. The first kappa shape index (κ1) is 19.2. The van der Waals surface area contributed by atoms with E-state index in [4.69, 9.17) is 0 Å². The third-order valence-corrected chi connectivity index (χ3v) is 4.79. The Morgan fingerprint density at radius 3 is 2.52 bits per heavy atom. The van der Waals surface area contributed by atoms with Crippen LogP contribution in [0.2, 0.25) is 0 Å². The number of urea groups is 1. The van der Waals surface area contributed by atoms with Gasteiger partial charge in [-0.05, 0) is 41.8 Å². The van der Waals surface area contributed by atoms with Crippen LogP contribution in [0.15, 0.2) is 42.6 Å². The number of aryl methyl sites for hydroxylation is 1. The number of rotatable bonds is 8. The number of carbonyl (C=O) groups excluding carboxylic acids is 1. The summed E-state index contributed by atoms with van der Waals surface area (Å²) in [5.74, 6) is 0.588. The molecule has 9 heteroatoms. The number of nitrogens with zero attached hydrogens (tertiary/aromatic N) is 1. The van der Waals surface area contributed by atoms with Crippen molar-refractivity contribution in [3.05, 3.63) is 53.9 Å². The predicted octanol–water partition coefficient (Wildman–Crippen LogP) is 2.09. The van der Waals surface area contributed by atoms with Crippen molar-refractivity contribution in [1.29, 1.82) is 0 Å². The van der Waals surface area contributed by atoms with Crippen LogP contribution in [0.4, 0.5) is 10.5 Å². The first-order valence-corrected chi connectivity index (χ1v) is 10.5. The minimum absolute atomic E-state index is 0.227. The first-order chi connectivity index (χ1) is 11.8. The Morgan fingerprint density at radius 1 is 1.20 bits per heavy atom. The summed E-state index contributed by atoms with van der Waals surface area (Å²) in [5, 5.41) is 2.81. The zero-order valence-corrected chi connectivity index (χ0v) is 15.8. The number of hydrogen-bond acceptors (Lipinski definition) is 4. The average molecular weight is 383 g/mol. The van der Waals surface area contributed by atoms with Crippen molar-refractivity contribution in [2.75, 3.05) is 17.5 Å². The molecule has 0 radical (unpaired) electrons. The lowest BCUT2D eigenvalue weighted by Gasteiger charge is -2.08. The Bertz CT molecular complexity index is 801. The van der Waals surface area contributed by atoms with Gasteiger partial charge in [-0.15, -0.1) is 0 Å². The van der Waals surface area contributed by atoms with Gasteiger partial charge in [0.25, 0.3) is 0 Å². The largest absolute Gasteiger partial charge is 0.354 e. The number of anilines is 1. The van der Waals surface area contributed by atoms with Crippen LogP contribution in [0, 0.1) is 0 Å². The van der Waals surface area contributed by atoms with Gasteiger partial charge < -0.3 is 9.88 Å². The lowest BCUT2D eigenvalue weighted by Crippen LogP contribution is -2.33. The van der Waals surface area contributed by atoms with Crippen molar-refractivity contribution in [3.8, 4) is 0 Å². The molecule has 1 aromatic carbocycles. The molecule has 1 aromatic heterocycles. The van der Waals surface area contributed by atoms with E-state index in [9.17, 15) is 13.2 Å². The fourth-order valence-electron chi connectivity index (χ4n) is 2.16. The molecule has 0 aliphatic carbocycles. The van der Waals surface area contributed by atoms with E-state index in [1.807, 2.05) is 42.1 Å². The fourth-order valence-corrected chi connectivity index (χ4v) is 3.36. The van der Waals surface area contributed by atoms with E-state index >= 15 is 0 Å². The lowest BCUT2D eigenvalue weighted by molar-refractivity contribution is 0.246. The van der Waals surface area contributed by atoms with Gasteiger partial charge in [-0.3, -0.25) is 9.44 Å². The summed E-state index contributed by atoms with van der Waals surface area (Å²) in [4.78, 5) is 11.7. The summed E-state index contributed by atoms with van der Waals surface area (Å²) in [6, 6.07) is 10.8. The van der Waals surface area contributed by atoms with E-state index in [1.165, 1.54) is 11.9 Å². The van der Waals surface area contributed by atoms with Crippen LogP contribution in [0.5, 0.6) is 0 Å². The highest BCUT2D eigenvalue weighted by Gasteiger charge is 2.04. The van der Waals surface area contributed by atoms with Gasteiger partial charge in [0, 0.05) is 43.3 Å². The second-order valence-corrected chi connectivity index (χ2v) is 8.11. The zero-order chi connectivity index (χ0) is 18.3. The highest BCUT2D eigenvalue weighted by Crippen LogP contribution is 2.14. The van der Waals surface area contributed by atoms with Gasteiger partial charge in [0.05, 0.1) is 6.26 Å². The summed E-state index contributed by atoms with van der Waals surface area (Å²) in [6.07, 6.45) is 3.86. The minimum atomic E-state index is -3.27. The molecule has 0 bridgehead atoms. The van der Waals surface area contributed by atoms with E-state index in [1.54, 1.807) is 12.1 Å². The SMILES string of the molecule is Cn1cccc1CCNC(=O)NSCc1ccc(NS(C)(=O)=O)cc1.